The van der Waals surface area contributed by atoms with Crippen LogP contribution in [0.15, 0.2) is 66.0 Å². The zero-order valence-electron chi connectivity index (χ0n) is 20.8. The monoisotopic (exact) mass is 584 g/mol. The number of alkyl halides is 3. The lowest BCUT2D eigenvalue weighted by Gasteiger charge is -2.26. The molecule has 4 aromatic rings. The van der Waals surface area contributed by atoms with Crippen molar-refractivity contribution in [3.63, 3.8) is 0 Å². The molecule has 12 heteroatoms. The third-order valence-corrected chi connectivity index (χ3v) is 7.55. The van der Waals surface area contributed by atoms with Crippen molar-refractivity contribution < 1.29 is 31.1 Å². The number of rotatable bonds is 8. The van der Waals surface area contributed by atoms with Crippen LogP contribution in [0.5, 0.6) is 11.5 Å². The second kappa shape index (κ2) is 10.5. The van der Waals surface area contributed by atoms with Gasteiger partial charge in [0.05, 0.1) is 23.7 Å². The van der Waals surface area contributed by atoms with Crippen LogP contribution in [0.25, 0.3) is 10.1 Å². The number of halogens is 4. The first kappa shape index (κ1) is 27.9. The minimum atomic E-state index is -4.89. The van der Waals surface area contributed by atoms with Crippen molar-refractivity contribution in [1.29, 1.82) is 0 Å². The minimum Gasteiger partial charge on any atom is -0.491 e. The molecule has 0 N–H and O–H groups in total. The molecule has 0 amide bonds. The van der Waals surface area contributed by atoms with Crippen LogP contribution >= 0.6 is 22.9 Å². The fourth-order valence-corrected chi connectivity index (χ4v) is 5.89. The van der Waals surface area contributed by atoms with Crippen LogP contribution in [0, 0.1) is 0 Å². The minimum absolute atomic E-state index is 0.174. The van der Waals surface area contributed by atoms with Gasteiger partial charge in [0, 0.05) is 46.3 Å². The Morgan fingerprint density at radius 3 is 2.21 bits per heavy atom. The molecule has 0 aliphatic rings. The molecule has 3 aromatic carbocycles. The van der Waals surface area contributed by atoms with Gasteiger partial charge >= 0.3 is 6.36 Å². The molecule has 0 saturated carbocycles. The molecule has 0 unspecified atom stereocenters. The smallest absolute Gasteiger partial charge is 0.491 e. The predicted molar refractivity (Wildman–Crippen MR) is 147 cm³/mol. The first-order chi connectivity index (χ1) is 17.7. The van der Waals surface area contributed by atoms with Crippen LogP contribution in [0.3, 0.4) is 0 Å². The summed E-state index contributed by atoms with van der Waals surface area (Å²) in [4.78, 5) is 1.56. The Morgan fingerprint density at radius 1 is 0.895 bits per heavy atom. The van der Waals surface area contributed by atoms with E-state index in [1.54, 1.807) is 56.1 Å². The maximum atomic E-state index is 13.0. The zero-order valence-corrected chi connectivity index (χ0v) is 23.2. The van der Waals surface area contributed by atoms with Gasteiger partial charge in [0.25, 0.3) is 0 Å². The van der Waals surface area contributed by atoms with Crippen molar-refractivity contribution in [3.05, 3.63) is 71.1 Å². The molecule has 6 nitrogen and oxygen atoms in total. The number of nitrogens with zero attached hydrogens (tertiary/aromatic N) is 2. The number of hydrogen-bond acceptors (Lipinski definition) is 6. The first-order valence-electron chi connectivity index (χ1n) is 11.3. The summed E-state index contributed by atoms with van der Waals surface area (Å²) < 4.78 is 76.7. The summed E-state index contributed by atoms with van der Waals surface area (Å²) in [6.45, 7) is 3.49. The van der Waals surface area contributed by atoms with Gasteiger partial charge in [-0.2, -0.15) is 0 Å². The van der Waals surface area contributed by atoms with Gasteiger partial charge in [-0.1, -0.05) is 11.6 Å². The summed E-state index contributed by atoms with van der Waals surface area (Å²) in [6.07, 6.45) is -4.10. The zero-order chi connectivity index (χ0) is 27.8. The largest absolute Gasteiger partial charge is 0.573 e. The maximum absolute atomic E-state index is 13.0. The lowest BCUT2D eigenvalue weighted by molar-refractivity contribution is -0.274. The molecule has 0 radical (unpaired) electrons. The van der Waals surface area contributed by atoms with Gasteiger partial charge in [-0.05, 0) is 67.1 Å². The van der Waals surface area contributed by atoms with E-state index in [1.165, 1.54) is 27.8 Å². The Morgan fingerprint density at radius 2 is 1.55 bits per heavy atom. The fraction of sp³-hybridized carbons (Fsp3) is 0.231. The van der Waals surface area contributed by atoms with E-state index in [1.807, 2.05) is 17.5 Å². The highest BCUT2D eigenvalue weighted by atomic mass is 35.5. The van der Waals surface area contributed by atoms with E-state index < -0.39 is 22.1 Å². The molecular weight excluding hydrogens is 561 g/mol. The highest BCUT2D eigenvalue weighted by Crippen LogP contribution is 2.39. The Kier molecular flexibility index (Phi) is 7.74. The molecule has 4 rings (SSSR count). The number of anilines is 4. The molecule has 1 heterocycles. The molecule has 0 spiro atoms. The van der Waals surface area contributed by atoms with Gasteiger partial charge in [-0.15, -0.1) is 24.5 Å². The Bertz CT molecular complexity index is 1570. The van der Waals surface area contributed by atoms with E-state index in [0.29, 0.717) is 17.1 Å². The molecule has 0 atom stereocenters. The number of thiophene rings is 1. The Balaban J connectivity index is 1.80. The highest BCUT2D eigenvalue weighted by Gasteiger charge is 2.32. The molecule has 0 bridgehead atoms. The number of fused-ring (bicyclic) bond motifs is 1. The van der Waals surface area contributed by atoms with Crippen molar-refractivity contribution in [2.75, 3.05) is 22.5 Å². The molecule has 38 heavy (non-hydrogen) atoms. The van der Waals surface area contributed by atoms with Gasteiger partial charge in [0.15, 0.2) is 0 Å². The quantitative estimate of drug-likeness (QED) is 0.209. The van der Waals surface area contributed by atoms with E-state index in [4.69, 9.17) is 16.3 Å². The van der Waals surface area contributed by atoms with Gasteiger partial charge in [0.2, 0.25) is 10.0 Å². The molecule has 0 aliphatic carbocycles. The summed E-state index contributed by atoms with van der Waals surface area (Å²) in [7, 11) is -2.18. The van der Waals surface area contributed by atoms with Crippen LogP contribution in [0.4, 0.5) is 35.9 Å². The molecular formula is C26H24ClF3N2O4S2. The highest BCUT2D eigenvalue weighted by molar-refractivity contribution is 7.92. The van der Waals surface area contributed by atoms with Gasteiger partial charge in [-0.25, -0.2) is 12.7 Å². The average molecular weight is 585 g/mol. The van der Waals surface area contributed by atoms with E-state index in [0.717, 1.165) is 22.4 Å². The molecule has 0 saturated heterocycles. The lowest BCUT2D eigenvalue weighted by Crippen LogP contribution is -2.25. The summed E-state index contributed by atoms with van der Waals surface area (Å²) in [5, 5.41) is 3.04. The van der Waals surface area contributed by atoms with Crippen molar-refractivity contribution in [2.24, 2.45) is 0 Å². The number of hydrogen-bond donors (Lipinski definition) is 0. The normalized spacial score (nSPS) is 12.1. The molecule has 0 aliphatic heterocycles. The van der Waals surface area contributed by atoms with Crippen molar-refractivity contribution in [1.82, 2.24) is 0 Å². The SMILES string of the molecule is CC(C)Oc1cc(OC(F)(F)F)cc(N(C)c2cc(Cl)cc(N(c3ccc4sccc4c3)S(C)(=O)=O)c2)c1. The van der Waals surface area contributed by atoms with E-state index >= 15 is 0 Å². The number of sulfonamides is 1. The molecule has 1 aromatic heterocycles. The van der Waals surface area contributed by atoms with Crippen molar-refractivity contribution in [2.45, 2.75) is 26.3 Å². The van der Waals surface area contributed by atoms with Crippen LogP contribution in [0.1, 0.15) is 13.8 Å². The predicted octanol–water partition coefficient (Wildman–Crippen LogP) is 8.11. The second-order valence-electron chi connectivity index (χ2n) is 8.77. The van der Waals surface area contributed by atoms with Crippen LogP contribution in [0.2, 0.25) is 5.02 Å². The maximum Gasteiger partial charge on any atom is 0.573 e. The van der Waals surface area contributed by atoms with Crippen LogP contribution in [-0.2, 0) is 10.0 Å². The molecule has 0 fully saturated rings. The van der Waals surface area contributed by atoms with Gasteiger partial charge in [-0.3, -0.25) is 0 Å². The summed E-state index contributed by atoms with van der Waals surface area (Å²) in [5.41, 5.74) is 1.42. The van der Waals surface area contributed by atoms with Gasteiger partial charge in [0.1, 0.15) is 11.5 Å². The third-order valence-electron chi connectivity index (χ3n) is 5.35. The number of benzene rings is 3. The van der Waals surface area contributed by atoms with Crippen molar-refractivity contribution >= 4 is 65.8 Å². The summed E-state index contributed by atoms with van der Waals surface area (Å²) in [5.74, 6) is -0.283. The summed E-state index contributed by atoms with van der Waals surface area (Å²) >= 11 is 7.95. The van der Waals surface area contributed by atoms with E-state index in [9.17, 15) is 21.6 Å². The average Bonchev–Trinajstić information content (AvgIpc) is 3.23. The Labute approximate surface area is 227 Å². The number of ether oxygens (including phenoxy) is 2. The third kappa shape index (κ3) is 6.64. The van der Waals surface area contributed by atoms with Gasteiger partial charge < -0.3 is 14.4 Å². The fourth-order valence-electron chi connectivity index (χ4n) is 3.91. The molecule has 202 valence electrons. The van der Waals surface area contributed by atoms with Crippen LogP contribution in [-0.4, -0.2) is 34.2 Å². The standard InChI is InChI=1S/C26H24ClF3N2O4S2/c1-16(2)35-23-13-21(14-24(15-23)36-26(28,29)30)31(3)20-10-18(27)11-22(12-20)32(38(4,33)34)19-5-6-25-17(9-19)7-8-37-25/h5-16H,1-4H3. The second-order valence-corrected chi connectivity index (χ2v) is 12.0. The van der Waals surface area contributed by atoms with E-state index in [-0.39, 0.29) is 22.6 Å². The van der Waals surface area contributed by atoms with E-state index in [2.05, 4.69) is 4.74 Å². The first-order valence-corrected chi connectivity index (χ1v) is 14.4. The van der Waals surface area contributed by atoms with Crippen molar-refractivity contribution in [3.8, 4) is 11.5 Å². The topological polar surface area (TPSA) is 59.1 Å². The lowest BCUT2D eigenvalue weighted by atomic mass is 10.2. The summed E-state index contributed by atoms with van der Waals surface area (Å²) in [6, 6.07) is 15.8. The Hall–Kier alpha value is -3.15. The van der Waals surface area contributed by atoms with Crippen LogP contribution < -0.4 is 18.7 Å².